The topological polar surface area (TPSA) is 36.1 Å². The van der Waals surface area contributed by atoms with E-state index in [2.05, 4.69) is 85.2 Å². The first kappa shape index (κ1) is 29.8. The molecule has 1 aliphatic heterocycles. The smallest absolute Gasteiger partial charge is 0.116 e. The summed E-state index contributed by atoms with van der Waals surface area (Å²) in [6, 6.07) is 1.60. The highest BCUT2D eigenvalue weighted by molar-refractivity contribution is 4.88. The van der Waals surface area contributed by atoms with Gasteiger partial charge in [-0.2, -0.15) is 0 Å². The zero-order valence-electron chi connectivity index (χ0n) is 22.3. The molecule has 182 valence electrons. The van der Waals surface area contributed by atoms with Crippen molar-refractivity contribution in [3.8, 4) is 0 Å². The van der Waals surface area contributed by atoms with Gasteiger partial charge < -0.3 is 16.0 Å². The minimum Gasteiger partial charge on any atom is -0.313 e. The molecule has 0 unspecified atom stereocenters. The summed E-state index contributed by atoms with van der Waals surface area (Å²) in [5.41, 5.74) is 0.621. The number of alkyl halides is 1. The van der Waals surface area contributed by atoms with Gasteiger partial charge in [-0.15, -0.1) is 0 Å². The number of nitrogens with one attached hydrogen (secondary N) is 3. The molecule has 1 saturated heterocycles. The van der Waals surface area contributed by atoms with E-state index in [1.54, 1.807) is 0 Å². The van der Waals surface area contributed by atoms with Crippen LogP contribution in [-0.4, -0.2) is 42.4 Å². The molecular weight excluding hydrogens is 373 g/mol. The van der Waals surface area contributed by atoms with Gasteiger partial charge in [-0.25, -0.2) is 4.39 Å². The van der Waals surface area contributed by atoms with Crippen LogP contribution in [-0.2, 0) is 0 Å². The van der Waals surface area contributed by atoms with Gasteiger partial charge in [0, 0.05) is 42.2 Å². The van der Waals surface area contributed by atoms with Gasteiger partial charge >= 0.3 is 0 Å². The summed E-state index contributed by atoms with van der Waals surface area (Å²) in [7, 11) is 0. The molecular formula is C26H56FN3. The van der Waals surface area contributed by atoms with E-state index >= 15 is 0 Å². The zero-order chi connectivity index (χ0) is 23.5. The van der Waals surface area contributed by atoms with E-state index < -0.39 is 6.17 Å². The molecule has 2 atom stereocenters. The van der Waals surface area contributed by atoms with Crippen LogP contribution in [0.2, 0.25) is 0 Å². The molecule has 3 rings (SSSR count). The lowest BCUT2D eigenvalue weighted by atomic mass is 9.81. The van der Waals surface area contributed by atoms with Gasteiger partial charge in [0.05, 0.1) is 0 Å². The van der Waals surface area contributed by atoms with Crippen LogP contribution in [0.4, 0.5) is 4.39 Å². The van der Waals surface area contributed by atoms with E-state index in [-0.39, 0.29) is 5.92 Å². The molecule has 3 nitrogen and oxygen atoms in total. The van der Waals surface area contributed by atoms with Crippen LogP contribution in [0.15, 0.2) is 0 Å². The van der Waals surface area contributed by atoms with E-state index in [1.165, 1.54) is 32.1 Å². The second-order valence-electron chi connectivity index (χ2n) is 12.2. The van der Waals surface area contributed by atoms with Gasteiger partial charge in [0.25, 0.3) is 0 Å². The average molecular weight is 430 g/mol. The molecule has 0 spiro atoms. The fourth-order valence-electron chi connectivity index (χ4n) is 4.04. The summed E-state index contributed by atoms with van der Waals surface area (Å²) in [6.07, 6.45) is 6.14. The van der Waals surface area contributed by atoms with Crippen molar-refractivity contribution in [2.24, 2.45) is 17.8 Å². The SMILES string of the molecule is CC1CC(NC(C)(C)C)C1.CC1CC(NC(C)(C)C)C1.CCC.C[C@H]1CNC[C@H]1F. The number of halogens is 1. The van der Waals surface area contributed by atoms with Gasteiger partial charge in [0.2, 0.25) is 0 Å². The van der Waals surface area contributed by atoms with E-state index in [1.807, 2.05) is 6.92 Å². The molecule has 0 amide bonds. The Morgan fingerprint density at radius 2 is 1.07 bits per heavy atom. The molecule has 0 aromatic carbocycles. The Labute approximate surface area is 189 Å². The maximum atomic E-state index is 12.3. The Hall–Kier alpha value is -0.190. The van der Waals surface area contributed by atoms with Crippen molar-refractivity contribution in [2.45, 2.75) is 138 Å². The van der Waals surface area contributed by atoms with Gasteiger partial charge in [0.1, 0.15) is 6.17 Å². The molecule has 2 saturated carbocycles. The van der Waals surface area contributed by atoms with Crippen LogP contribution in [0.1, 0.15) is 108 Å². The maximum Gasteiger partial charge on any atom is 0.116 e. The van der Waals surface area contributed by atoms with Crippen molar-refractivity contribution in [3.05, 3.63) is 0 Å². The van der Waals surface area contributed by atoms with Gasteiger partial charge in [-0.05, 0) is 79.1 Å². The molecule has 0 aromatic heterocycles. The van der Waals surface area contributed by atoms with Crippen molar-refractivity contribution in [1.82, 2.24) is 16.0 Å². The van der Waals surface area contributed by atoms with E-state index in [4.69, 9.17) is 0 Å². The van der Waals surface area contributed by atoms with E-state index in [9.17, 15) is 4.39 Å². The van der Waals surface area contributed by atoms with Crippen LogP contribution in [0, 0.1) is 17.8 Å². The van der Waals surface area contributed by atoms with Crippen LogP contribution in [0.25, 0.3) is 0 Å². The van der Waals surface area contributed by atoms with Crippen LogP contribution in [0.3, 0.4) is 0 Å². The van der Waals surface area contributed by atoms with Crippen molar-refractivity contribution >= 4 is 0 Å². The van der Waals surface area contributed by atoms with Crippen molar-refractivity contribution in [1.29, 1.82) is 0 Å². The summed E-state index contributed by atoms with van der Waals surface area (Å²) < 4.78 is 12.3. The average Bonchev–Trinajstić information content (AvgIpc) is 2.87. The fourth-order valence-corrected chi connectivity index (χ4v) is 4.04. The second kappa shape index (κ2) is 14.1. The molecule has 0 aromatic rings. The molecule has 4 heteroatoms. The predicted molar refractivity (Wildman–Crippen MR) is 133 cm³/mol. The number of rotatable bonds is 2. The minimum absolute atomic E-state index is 0.236. The molecule has 1 heterocycles. The largest absolute Gasteiger partial charge is 0.313 e. The van der Waals surface area contributed by atoms with E-state index in [0.29, 0.717) is 17.6 Å². The Kier molecular flexibility index (Phi) is 14.0. The minimum atomic E-state index is -0.597. The quantitative estimate of drug-likeness (QED) is 0.480. The zero-order valence-corrected chi connectivity index (χ0v) is 22.3. The Bertz CT molecular complexity index is 377. The Balaban J connectivity index is 0.000000400. The maximum absolute atomic E-state index is 12.3. The first-order valence-electron chi connectivity index (χ1n) is 12.6. The summed E-state index contributed by atoms with van der Waals surface area (Å²) in [4.78, 5) is 0. The summed E-state index contributed by atoms with van der Waals surface area (Å²) in [5.74, 6) is 2.15. The normalized spacial score (nSPS) is 32.8. The third-order valence-corrected chi connectivity index (χ3v) is 5.44. The van der Waals surface area contributed by atoms with E-state index in [0.717, 1.165) is 30.5 Å². The highest BCUT2D eigenvalue weighted by Crippen LogP contribution is 2.28. The van der Waals surface area contributed by atoms with Crippen LogP contribution in [0.5, 0.6) is 0 Å². The lowest BCUT2D eigenvalue weighted by Crippen LogP contribution is -2.49. The van der Waals surface area contributed by atoms with Gasteiger partial charge in [0.15, 0.2) is 0 Å². The van der Waals surface area contributed by atoms with Gasteiger partial charge in [-0.1, -0.05) is 41.0 Å². The fraction of sp³-hybridized carbons (Fsp3) is 1.00. The highest BCUT2D eigenvalue weighted by Gasteiger charge is 2.28. The lowest BCUT2D eigenvalue weighted by molar-refractivity contribution is 0.199. The summed E-state index contributed by atoms with van der Waals surface area (Å²) in [6.45, 7) is 25.6. The summed E-state index contributed by atoms with van der Waals surface area (Å²) >= 11 is 0. The molecule has 3 N–H and O–H groups in total. The first-order valence-corrected chi connectivity index (χ1v) is 12.6. The number of hydrogen-bond donors (Lipinski definition) is 3. The lowest BCUT2D eigenvalue weighted by Gasteiger charge is -2.38. The van der Waals surface area contributed by atoms with Crippen LogP contribution < -0.4 is 16.0 Å². The standard InChI is InChI=1S/2C9H19N.C5H10FN.C3H8/c2*1-7-5-8(6-7)10-9(2,3)4;1-4-2-7-3-5(4)6;1-3-2/h2*7-8,10H,5-6H2,1-4H3;4-5,7H,2-3H2,1H3;3H2,1-2H3/t;;4-,5+;/m..0./s1. The summed E-state index contributed by atoms with van der Waals surface area (Å²) in [5, 5.41) is 10.1. The molecule has 0 radical (unpaired) electrons. The second-order valence-corrected chi connectivity index (χ2v) is 12.2. The molecule has 0 bridgehead atoms. The third-order valence-electron chi connectivity index (χ3n) is 5.44. The Morgan fingerprint density at radius 3 is 1.20 bits per heavy atom. The highest BCUT2D eigenvalue weighted by atomic mass is 19.1. The molecule has 3 fully saturated rings. The van der Waals surface area contributed by atoms with Crippen molar-refractivity contribution in [3.63, 3.8) is 0 Å². The first-order chi connectivity index (χ1) is 13.7. The molecule has 2 aliphatic carbocycles. The van der Waals surface area contributed by atoms with Crippen molar-refractivity contribution < 1.29 is 4.39 Å². The third kappa shape index (κ3) is 15.6. The van der Waals surface area contributed by atoms with Crippen molar-refractivity contribution in [2.75, 3.05) is 13.1 Å². The Morgan fingerprint density at radius 1 is 0.733 bits per heavy atom. The van der Waals surface area contributed by atoms with Gasteiger partial charge in [-0.3, -0.25) is 0 Å². The monoisotopic (exact) mass is 429 g/mol. The van der Waals surface area contributed by atoms with Crippen LogP contribution >= 0.6 is 0 Å². The predicted octanol–water partition coefficient (Wildman–Crippen LogP) is 6.33. The molecule has 3 aliphatic rings. The molecule has 30 heavy (non-hydrogen) atoms. The number of hydrogen-bond acceptors (Lipinski definition) is 3.